The second kappa shape index (κ2) is 8.00. The molecule has 0 fully saturated rings. The summed E-state index contributed by atoms with van der Waals surface area (Å²) in [4.78, 5) is 0. The van der Waals surface area contributed by atoms with E-state index in [9.17, 15) is 0 Å². The van der Waals surface area contributed by atoms with E-state index in [0.717, 1.165) is 21.4 Å². The van der Waals surface area contributed by atoms with E-state index < -0.39 is 0 Å². The van der Waals surface area contributed by atoms with Crippen LogP contribution in [0.3, 0.4) is 0 Å². The fourth-order valence-electron chi connectivity index (χ4n) is 1.69. The molecular weight excluding hydrogens is 346 g/mol. The van der Waals surface area contributed by atoms with Crippen molar-refractivity contribution in [3.05, 3.63) is 69.7 Å². The SMILES string of the molecule is Cc1cc(Br)ccc1C=NN=C(N)SCc1ccccc1. The summed E-state index contributed by atoms with van der Waals surface area (Å²) in [5.74, 6) is 0.795. The van der Waals surface area contributed by atoms with Crippen LogP contribution < -0.4 is 5.73 Å². The van der Waals surface area contributed by atoms with E-state index in [0.29, 0.717) is 5.17 Å². The van der Waals surface area contributed by atoms with Crippen LogP contribution in [-0.4, -0.2) is 11.4 Å². The molecule has 0 aliphatic rings. The molecule has 0 amide bonds. The molecule has 0 saturated heterocycles. The summed E-state index contributed by atoms with van der Waals surface area (Å²) in [6.45, 7) is 2.03. The molecule has 21 heavy (non-hydrogen) atoms. The lowest BCUT2D eigenvalue weighted by atomic mass is 10.1. The Bertz CT molecular complexity index is 654. The third kappa shape index (κ3) is 5.36. The normalized spacial score (nSPS) is 12.0. The molecule has 0 unspecified atom stereocenters. The van der Waals surface area contributed by atoms with Crippen LogP contribution in [0, 0.1) is 6.92 Å². The van der Waals surface area contributed by atoms with E-state index in [1.165, 1.54) is 17.3 Å². The molecule has 0 spiro atoms. The smallest absolute Gasteiger partial charge is 0.180 e. The fourth-order valence-corrected chi connectivity index (χ4v) is 2.78. The number of nitrogens with zero attached hydrogens (tertiary/aromatic N) is 2. The molecule has 2 aromatic carbocycles. The van der Waals surface area contributed by atoms with Crippen molar-refractivity contribution in [1.82, 2.24) is 0 Å². The molecule has 0 radical (unpaired) electrons. The monoisotopic (exact) mass is 361 g/mol. The highest BCUT2D eigenvalue weighted by Gasteiger charge is 1.97. The topological polar surface area (TPSA) is 50.7 Å². The summed E-state index contributed by atoms with van der Waals surface area (Å²) in [6.07, 6.45) is 1.72. The van der Waals surface area contributed by atoms with Gasteiger partial charge in [0.2, 0.25) is 0 Å². The third-order valence-corrected chi connectivity index (χ3v) is 4.16. The Hall–Kier alpha value is -1.59. The molecule has 0 heterocycles. The molecule has 0 saturated carbocycles. The maximum Gasteiger partial charge on any atom is 0.180 e. The van der Waals surface area contributed by atoms with Crippen LogP contribution >= 0.6 is 27.7 Å². The zero-order valence-electron chi connectivity index (χ0n) is 11.7. The van der Waals surface area contributed by atoms with Gasteiger partial charge in [-0.25, -0.2) is 0 Å². The molecule has 0 aliphatic carbocycles. The zero-order chi connectivity index (χ0) is 15.1. The molecular formula is C16H16BrN3S. The lowest BCUT2D eigenvalue weighted by molar-refractivity contribution is 1.24. The maximum atomic E-state index is 5.84. The number of nitrogens with two attached hydrogens (primary N) is 1. The highest BCUT2D eigenvalue weighted by Crippen LogP contribution is 2.15. The van der Waals surface area contributed by atoms with Gasteiger partial charge < -0.3 is 5.73 Å². The quantitative estimate of drug-likeness (QED) is 0.500. The van der Waals surface area contributed by atoms with Crippen LogP contribution in [0.4, 0.5) is 0 Å². The van der Waals surface area contributed by atoms with Gasteiger partial charge in [-0.2, -0.15) is 5.10 Å². The lowest BCUT2D eigenvalue weighted by Gasteiger charge is -2.00. The Morgan fingerprint density at radius 2 is 2.00 bits per heavy atom. The molecule has 2 rings (SSSR count). The average molecular weight is 362 g/mol. The number of rotatable bonds is 4. The van der Waals surface area contributed by atoms with Gasteiger partial charge in [0, 0.05) is 10.2 Å². The van der Waals surface area contributed by atoms with Crippen LogP contribution in [0.25, 0.3) is 0 Å². The van der Waals surface area contributed by atoms with Gasteiger partial charge in [0.05, 0.1) is 6.21 Å². The first-order valence-corrected chi connectivity index (χ1v) is 8.22. The molecule has 0 bridgehead atoms. The molecule has 3 nitrogen and oxygen atoms in total. The van der Waals surface area contributed by atoms with Gasteiger partial charge in [-0.05, 0) is 35.7 Å². The Morgan fingerprint density at radius 3 is 2.71 bits per heavy atom. The van der Waals surface area contributed by atoms with Gasteiger partial charge in [0.15, 0.2) is 5.17 Å². The van der Waals surface area contributed by atoms with Crippen molar-refractivity contribution in [3.8, 4) is 0 Å². The number of hydrogen-bond donors (Lipinski definition) is 1. The molecule has 0 atom stereocenters. The number of hydrogen-bond acceptors (Lipinski definition) is 3. The first-order chi connectivity index (χ1) is 10.1. The van der Waals surface area contributed by atoms with E-state index in [4.69, 9.17) is 5.73 Å². The van der Waals surface area contributed by atoms with Gasteiger partial charge >= 0.3 is 0 Å². The Balaban J connectivity index is 1.92. The predicted octanol–water partition coefficient (Wildman–Crippen LogP) is 4.34. The highest BCUT2D eigenvalue weighted by molar-refractivity contribution is 9.10. The van der Waals surface area contributed by atoms with Crippen molar-refractivity contribution in [2.75, 3.05) is 0 Å². The van der Waals surface area contributed by atoms with E-state index >= 15 is 0 Å². The summed E-state index contributed by atoms with van der Waals surface area (Å²) >= 11 is 4.91. The Kier molecular flexibility index (Phi) is 6.02. The number of benzene rings is 2. The van der Waals surface area contributed by atoms with E-state index in [-0.39, 0.29) is 0 Å². The van der Waals surface area contributed by atoms with Crippen LogP contribution in [0.2, 0.25) is 0 Å². The number of thioether (sulfide) groups is 1. The van der Waals surface area contributed by atoms with Gasteiger partial charge in [0.1, 0.15) is 0 Å². The molecule has 108 valence electrons. The minimum atomic E-state index is 0.463. The highest BCUT2D eigenvalue weighted by atomic mass is 79.9. The average Bonchev–Trinajstić information content (AvgIpc) is 2.48. The van der Waals surface area contributed by atoms with Gasteiger partial charge in [-0.15, -0.1) is 5.10 Å². The van der Waals surface area contributed by atoms with Crippen molar-refractivity contribution in [2.24, 2.45) is 15.9 Å². The fraction of sp³-hybridized carbons (Fsp3) is 0.125. The number of aryl methyl sites for hydroxylation is 1. The van der Waals surface area contributed by atoms with Gasteiger partial charge in [0.25, 0.3) is 0 Å². The first-order valence-electron chi connectivity index (χ1n) is 6.44. The molecule has 5 heteroatoms. The molecule has 2 N–H and O–H groups in total. The van der Waals surface area contributed by atoms with Crippen LogP contribution in [0.1, 0.15) is 16.7 Å². The summed E-state index contributed by atoms with van der Waals surface area (Å²) in [6, 6.07) is 16.2. The summed E-state index contributed by atoms with van der Waals surface area (Å²) in [5.41, 5.74) is 9.22. The first kappa shape index (κ1) is 15.8. The van der Waals surface area contributed by atoms with Crippen molar-refractivity contribution >= 4 is 39.1 Å². The van der Waals surface area contributed by atoms with Gasteiger partial charge in [-0.3, -0.25) is 0 Å². The Labute approximate surface area is 137 Å². The second-order valence-electron chi connectivity index (χ2n) is 4.46. The van der Waals surface area contributed by atoms with Crippen molar-refractivity contribution in [3.63, 3.8) is 0 Å². The lowest BCUT2D eigenvalue weighted by Crippen LogP contribution is -2.06. The minimum Gasteiger partial charge on any atom is -0.377 e. The van der Waals surface area contributed by atoms with Gasteiger partial charge in [-0.1, -0.05) is 64.1 Å². The van der Waals surface area contributed by atoms with E-state index in [2.05, 4.69) is 38.3 Å². The predicted molar refractivity (Wildman–Crippen MR) is 95.8 cm³/mol. The van der Waals surface area contributed by atoms with Crippen LogP contribution in [0.15, 0.2) is 63.2 Å². The van der Waals surface area contributed by atoms with Crippen molar-refractivity contribution in [2.45, 2.75) is 12.7 Å². The van der Waals surface area contributed by atoms with Crippen LogP contribution in [-0.2, 0) is 5.75 Å². The Morgan fingerprint density at radius 1 is 1.24 bits per heavy atom. The number of halogens is 1. The number of amidine groups is 1. The molecule has 0 aliphatic heterocycles. The second-order valence-corrected chi connectivity index (χ2v) is 6.37. The standard InChI is InChI=1S/C16H16BrN3S/c1-12-9-15(17)8-7-14(12)10-19-20-16(18)21-11-13-5-3-2-4-6-13/h2-10H,11H2,1H3,(H2,18,20). The summed E-state index contributed by atoms with van der Waals surface area (Å²) < 4.78 is 1.05. The summed E-state index contributed by atoms with van der Waals surface area (Å²) in [7, 11) is 0. The minimum absolute atomic E-state index is 0.463. The molecule has 0 aromatic heterocycles. The van der Waals surface area contributed by atoms with E-state index in [1.807, 2.05) is 43.3 Å². The largest absolute Gasteiger partial charge is 0.377 e. The third-order valence-electron chi connectivity index (χ3n) is 2.81. The molecule has 2 aromatic rings. The van der Waals surface area contributed by atoms with Crippen molar-refractivity contribution < 1.29 is 0 Å². The van der Waals surface area contributed by atoms with Crippen molar-refractivity contribution in [1.29, 1.82) is 0 Å². The summed E-state index contributed by atoms with van der Waals surface area (Å²) in [5, 5.41) is 8.52. The van der Waals surface area contributed by atoms with E-state index in [1.54, 1.807) is 6.21 Å². The maximum absolute atomic E-state index is 5.84. The van der Waals surface area contributed by atoms with Crippen LogP contribution in [0.5, 0.6) is 0 Å². The zero-order valence-corrected chi connectivity index (χ0v) is 14.1.